The van der Waals surface area contributed by atoms with E-state index >= 15 is 0 Å². The van der Waals surface area contributed by atoms with Crippen LogP contribution in [0.3, 0.4) is 0 Å². The second kappa shape index (κ2) is 5.12. The molecule has 2 heteroatoms. The van der Waals surface area contributed by atoms with Crippen molar-refractivity contribution >= 4 is 5.97 Å². The van der Waals surface area contributed by atoms with Crippen LogP contribution in [0.15, 0.2) is 60.7 Å². The first kappa shape index (κ1) is 10.4. The maximum atomic E-state index is 11.6. The van der Waals surface area contributed by atoms with E-state index in [-0.39, 0.29) is 5.97 Å². The SMILES string of the molecule is O=[13C](OCc1ccccc1)c1ccccc1. The number of carbonyl (C=O) groups excluding carboxylic acids is 1. The Bertz CT molecular complexity index is 449. The zero-order valence-electron chi connectivity index (χ0n) is 8.80. The third-order valence-corrected chi connectivity index (χ3v) is 2.22. The van der Waals surface area contributed by atoms with Gasteiger partial charge in [-0.3, -0.25) is 0 Å². The van der Waals surface area contributed by atoms with Crippen LogP contribution in [-0.4, -0.2) is 5.97 Å². The van der Waals surface area contributed by atoms with Gasteiger partial charge in [0.25, 0.3) is 0 Å². The molecule has 0 bridgehead atoms. The zero-order chi connectivity index (χ0) is 11.2. The lowest BCUT2D eigenvalue weighted by Crippen LogP contribution is -2.04. The maximum absolute atomic E-state index is 11.6. The summed E-state index contributed by atoms with van der Waals surface area (Å²) in [7, 11) is 0. The van der Waals surface area contributed by atoms with Crippen molar-refractivity contribution in [2.45, 2.75) is 6.61 Å². The molecule has 2 aromatic carbocycles. The molecular formula is C14H12O2. The first-order chi connectivity index (χ1) is 7.86. The standard InChI is InChI=1S/C14H12O2/c15-14(13-9-5-2-6-10-13)16-11-12-7-3-1-4-8-12/h1-10H,11H2/i14+1. The molecule has 0 radical (unpaired) electrons. The van der Waals surface area contributed by atoms with Crippen molar-refractivity contribution in [3.63, 3.8) is 0 Å². The van der Waals surface area contributed by atoms with Gasteiger partial charge in [0.1, 0.15) is 6.61 Å². The number of ether oxygens (including phenoxy) is 1. The first-order valence-electron chi connectivity index (χ1n) is 5.12. The summed E-state index contributed by atoms with van der Waals surface area (Å²) in [6.45, 7) is 0.314. The molecule has 2 nitrogen and oxygen atoms in total. The highest BCUT2D eigenvalue weighted by Crippen LogP contribution is 2.05. The minimum Gasteiger partial charge on any atom is -0.457 e. The molecule has 0 N–H and O–H groups in total. The van der Waals surface area contributed by atoms with Crippen molar-refractivity contribution in [2.24, 2.45) is 0 Å². The first-order valence-corrected chi connectivity index (χ1v) is 5.12. The molecule has 0 aromatic heterocycles. The molecule has 0 atom stereocenters. The fourth-order valence-corrected chi connectivity index (χ4v) is 1.38. The Balaban J connectivity index is 1.95. The van der Waals surface area contributed by atoms with E-state index in [2.05, 4.69) is 0 Å². The Morgan fingerprint density at radius 1 is 0.875 bits per heavy atom. The summed E-state index contributed by atoms with van der Waals surface area (Å²) >= 11 is 0. The van der Waals surface area contributed by atoms with E-state index in [1.54, 1.807) is 12.1 Å². The highest BCUT2D eigenvalue weighted by molar-refractivity contribution is 5.89. The number of hydrogen-bond donors (Lipinski definition) is 0. The van der Waals surface area contributed by atoms with Gasteiger partial charge < -0.3 is 4.74 Å². The van der Waals surface area contributed by atoms with Crippen LogP contribution in [0.5, 0.6) is 0 Å². The Hall–Kier alpha value is -2.09. The van der Waals surface area contributed by atoms with Crippen LogP contribution in [0.2, 0.25) is 0 Å². The second-order valence-corrected chi connectivity index (χ2v) is 3.43. The van der Waals surface area contributed by atoms with Gasteiger partial charge in [0, 0.05) is 0 Å². The summed E-state index contributed by atoms with van der Waals surface area (Å²) in [6.07, 6.45) is 0. The van der Waals surface area contributed by atoms with E-state index in [9.17, 15) is 4.79 Å². The topological polar surface area (TPSA) is 26.3 Å². The van der Waals surface area contributed by atoms with Crippen molar-refractivity contribution in [2.75, 3.05) is 0 Å². The number of rotatable bonds is 3. The average Bonchev–Trinajstić information content (AvgIpc) is 2.38. The van der Waals surface area contributed by atoms with Crippen molar-refractivity contribution in [1.82, 2.24) is 0 Å². The maximum Gasteiger partial charge on any atom is 0.338 e. The van der Waals surface area contributed by atoms with Crippen LogP contribution in [0.1, 0.15) is 15.9 Å². The Labute approximate surface area is 94.5 Å². The molecule has 2 aromatic rings. The fourth-order valence-electron chi connectivity index (χ4n) is 1.38. The summed E-state index contributed by atoms with van der Waals surface area (Å²) in [5.41, 5.74) is 1.57. The highest BCUT2D eigenvalue weighted by atomic mass is 16.6. The predicted octanol–water partition coefficient (Wildman–Crippen LogP) is 3.04. The molecule has 0 aliphatic rings. The van der Waals surface area contributed by atoms with E-state index < -0.39 is 0 Å². The van der Waals surface area contributed by atoms with Crippen molar-refractivity contribution < 1.29 is 9.53 Å². The minimum absolute atomic E-state index is 0.288. The third-order valence-electron chi connectivity index (χ3n) is 2.22. The molecule has 0 heterocycles. The predicted molar refractivity (Wildman–Crippen MR) is 62.0 cm³/mol. The lowest BCUT2D eigenvalue weighted by atomic mass is 10.2. The zero-order valence-corrected chi connectivity index (χ0v) is 8.80. The molecule has 0 aliphatic heterocycles. The molecule has 0 saturated heterocycles. The molecule has 0 unspecified atom stereocenters. The largest absolute Gasteiger partial charge is 0.457 e. The van der Waals surface area contributed by atoms with Crippen LogP contribution in [0.4, 0.5) is 0 Å². The molecule has 0 amide bonds. The van der Waals surface area contributed by atoms with Gasteiger partial charge in [-0.1, -0.05) is 48.5 Å². The summed E-state index contributed by atoms with van der Waals surface area (Å²) in [4.78, 5) is 11.6. The molecule has 0 saturated carbocycles. The van der Waals surface area contributed by atoms with Crippen LogP contribution in [-0.2, 0) is 11.3 Å². The molecule has 2 rings (SSSR count). The van der Waals surface area contributed by atoms with Crippen molar-refractivity contribution in [1.29, 1.82) is 0 Å². The Morgan fingerprint density at radius 2 is 1.44 bits per heavy atom. The van der Waals surface area contributed by atoms with Gasteiger partial charge in [0.05, 0.1) is 5.56 Å². The minimum atomic E-state index is -0.288. The Kier molecular flexibility index (Phi) is 3.34. The summed E-state index contributed by atoms with van der Waals surface area (Å²) in [6, 6.07) is 18.6. The van der Waals surface area contributed by atoms with E-state index in [0.29, 0.717) is 12.2 Å². The normalized spacial score (nSPS) is 9.75. The Morgan fingerprint density at radius 3 is 2.06 bits per heavy atom. The number of esters is 1. The molecule has 80 valence electrons. The number of carbonyl (C=O) groups is 1. The molecular weight excluding hydrogens is 201 g/mol. The summed E-state index contributed by atoms with van der Waals surface area (Å²) in [5, 5.41) is 0. The number of benzene rings is 2. The lowest BCUT2D eigenvalue weighted by Gasteiger charge is -2.04. The van der Waals surface area contributed by atoms with Gasteiger partial charge in [0.15, 0.2) is 0 Å². The van der Waals surface area contributed by atoms with E-state index in [4.69, 9.17) is 4.74 Å². The van der Waals surface area contributed by atoms with Crippen LogP contribution in [0.25, 0.3) is 0 Å². The van der Waals surface area contributed by atoms with Gasteiger partial charge in [-0.25, -0.2) is 4.79 Å². The quantitative estimate of drug-likeness (QED) is 0.578. The molecule has 0 aliphatic carbocycles. The van der Waals surface area contributed by atoms with Crippen LogP contribution < -0.4 is 0 Å². The van der Waals surface area contributed by atoms with Gasteiger partial charge in [-0.2, -0.15) is 0 Å². The summed E-state index contributed by atoms with van der Waals surface area (Å²) in [5.74, 6) is -0.288. The van der Waals surface area contributed by atoms with Gasteiger partial charge in [-0.15, -0.1) is 0 Å². The molecule has 0 spiro atoms. The fraction of sp³-hybridized carbons (Fsp3) is 0.0714. The van der Waals surface area contributed by atoms with Crippen LogP contribution >= 0.6 is 0 Å². The smallest absolute Gasteiger partial charge is 0.338 e. The molecule has 0 fully saturated rings. The monoisotopic (exact) mass is 213 g/mol. The van der Waals surface area contributed by atoms with Crippen molar-refractivity contribution in [3.05, 3.63) is 71.8 Å². The van der Waals surface area contributed by atoms with E-state index in [1.807, 2.05) is 48.5 Å². The highest BCUT2D eigenvalue weighted by Gasteiger charge is 2.05. The number of hydrogen-bond acceptors (Lipinski definition) is 2. The third kappa shape index (κ3) is 2.70. The summed E-state index contributed by atoms with van der Waals surface area (Å²) < 4.78 is 5.18. The van der Waals surface area contributed by atoms with Gasteiger partial charge in [0.2, 0.25) is 0 Å². The van der Waals surface area contributed by atoms with Crippen molar-refractivity contribution in [3.8, 4) is 0 Å². The van der Waals surface area contributed by atoms with Crippen LogP contribution in [0, 0.1) is 0 Å². The second-order valence-electron chi connectivity index (χ2n) is 3.43. The van der Waals surface area contributed by atoms with E-state index in [0.717, 1.165) is 5.56 Å². The van der Waals surface area contributed by atoms with E-state index in [1.165, 1.54) is 0 Å². The lowest BCUT2D eigenvalue weighted by molar-refractivity contribution is 0.0472. The molecule has 16 heavy (non-hydrogen) atoms. The van der Waals surface area contributed by atoms with Gasteiger partial charge in [-0.05, 0) is 17.7 Å². The van der Waals surface area contributed by atoms with Gasteiger partial charge >= 0.3 is 5.97 Å². The average molecular weight is 213 g/mol.